The van der Waals surface area contributed by atoms with Crippen LogP contribution in [-0.4, -0.2) is 45.0 Å². The van der Waals surface area contributed by atoms with Gasteiger partial charge in [-0.1, -0.05) is 42.1 Å². The van der Waals surface area contributed by atoms with E-state index in [0.29, 0.717) is 35.2 Å². The lowest BCUT2D eigenvalue weighted by Gasteiger charge is -2.12. The van der Waals surface area contributed by atoms with E-state index in [1.165, 1.54) is 11.8 Å². The normalized spacial score (nSPS) is 14.8. The molecule has 1 atom stereocenters. The third-order valence-electron chi connectivity index (χ3n) is 5.66. The van der Waals surface area contributed by atoms with Crippen molar-refractivity contribution in [3.05, 3.63) is 83.7 Å². The van der Waals surface area contributed by atoms with Gasteiger partial charge in [-0.3, -0.25) is 14.3 Å². The Morgan fingerprint density at radius 3 is 2.45 bits per heavy atom. The maximum absolute atomic E-state index is 13.2. The van der Waals surface area contributed by atoms with E-state index >= 15 is 0 Å². The zero-order valence-corrected chi connectivity index (χ0v) is 19.1. The first kappa shape index (κ1) is 21.2. The first-order chi connectivity index (χ1) is 16.2. The molecule has 0 saturated heterocycles. The second-order valence-electron chi connectivity index (χ2n) is 7.65. The van der Waals surface area contributed by atoms with Gasteiger partial charge in [0.15, 0.2) is 28.3 Å². The molecule has 2 heterocycles. The Bertz CT molecular complexity index is 1290. The Balaban J connectivity index is 1.48. The molecule has 0 amide bonds. The smallest absolute Gasteiger partial charge is 0.192 e. The summed E-state index contributed by atoms with van der Waals surface area (Å²) in [4.78, 5) is 17.3. The van der Waals surface area contributed by atoms with Gasteiger partial charge in [0, 0.05) is 23.5 Å². The molecule has 2 aromatic carbocycles. The molecule has 4 aromatic rings. The van der Waals surface area contributed by atoms with Crippen molar-refractivity contribution in [2.75, 3.05) is 14.2 Å². The van der Waals surface area contributed by atoms with Crippen LogP contribution in [0.3, 0.4) is 0 Å². The minimum atomic E-state index is -0.291. The SMILES string of the molecule is COc1cc2c(cc1OC)C(=O)[C@@H](Sc1nnc(-c3ccncc3)n1Cc1ccccc1)C2. The van der Waals surface area contributed by atoms with Gasteiger partial charge in [-0.05, 0) is 41.8 Å². The number of carbonyl (C=O) groups is 1. The van der Waals surface area contributed by atoms with E-state index in [2.05, 4.69) is 31.9 Å². The van der Waals surface area contributed by atoms with Gasteiger partial charge in [0.05, 0.1) is 26.0 Å². The Kier molecular flexibility index (Phi) is 5.83. The molecule has 0 aliphatic heterocycles. The third-order valence-corrected chi connectivity index (χ3v) is 6.84. The van der Waals surface area contributed by atoms with Gasteiger partial charge in [0.2, 0.25) is 0 Å². The van der Waals surface area contributed by atoms with Crippen LogP contribution in [0.25, 0.3) is 11.4 Å². The zero-order valence-electron chi connectivity index (χ0n) is 18.3. The number of hydrogen-bond donors (Lipinski definition) is 0. The van der Waals surface area contributed by atoms with Crippen molar-refractivity contribution in [2.24, 2.45) is 0 Å². The summed E-state index contributed by atoms with van der Waals surface area (Å²) in [6, 6.07) is 17.6. The summed E-state index contributed by atoms with van der Waals surface area (Å²) in [7, 11) is 3.17. The van der Waals surface area contributed by atoms with Crippen LogP contribution in [0.4, 0.5) is 0 Å². The largest absolute Gasteiger partial charge is 0.493 e. The van der Waals surface area contributed by atoms with Crippen LogP contribution < -0.4 is 9.47 Å². The second-order valence-corrected chi connectivity index (χ2v) is 8.82. The van der Waals surface area contributed by atoms with Gasteiger partial charge < -0.3 is 9.47 Å². The number of thioether (sulfide) groups is 1. The summed E-state index contributed by atoms with van der Waals surface area (Å²) in [5.74, 6) is 2.00. The van der Waals surface area contributed by atoms with Crippen LogP contribution in [0.2, 0.25) is 0 Å². The number of nitrogens with zero attached hydrogens (tertiary/aromatic N) is 4. The molecule has 0 saturated carbocycles. The lowest BCUT2D eigenvalue weighted by molar-refractivity contribution is 0.1000. The van der Waals surface area contributed by atoms with E-state index in [-0.39, 0.29) is 11.0 Å². The van der Waals surface area contributed by atoms with Crippen LogP contribution in [0.1, 0.15) is 21.5 Å². The molecule has 5 rings (SSSR count). The highest BCUT2D eigenvalue weighted by Gasteiger charge is 2.34. The van der Waals surface area contributed by atoms with Crippen LogP contribution in [0, 0.1) is 0 Å². The standard InChI is InChI=1S/C25H22N4O3S/c1-31-20-12-18-13-22(23(30)19(18)14-21(20)32-2)33-25-28-27-24(17-8-10-26-11-9-17)29(25)15-16-6-4-3-5-7-16/h3-12,14,22H,13,15H2,1-2H3/t22-/m0/s1. The molecule has 33 heavy (non-hydrogen) atoms. The molecule has 0 radical (unpaired) electrons. The number of Topliss-reactive ketones (excluding diaryl/α,β-unsaturated/α-hetero) is 1. The van der Waals surface area contributed by atoms with Gasteiger partial charge in [0.25, 0.3) is 0 Å². The molecule has 0 bridgehead atoms. The van der Waals surface area contributed by atoms with Gasteiger partial charge >= 0.3 is 0 Å². The minimum Gasteiger partial charge on any atom is -0.493 e. The predicted octanol–water partition coefficient (Wildman–Crippen LogP) is 4.31. The lowest BCUT2D eigenvalue weighted by Crippen LogP contribution is -2.13. The second kappa shape index (κ2) is 9.07. The predicted molar refractivity (Wildman–Crippen MR) is 126 cm³/mol. The van der Waals surface area contributed by atoms with Crippen LogP contribution in [0.5, 0.6) is 11.5 Å². The fraction of sp³-hybridized carbons (Fsp3) is 0.200. The van der Waals surface area contributed by atoms with Crippen molar-refractivity contribution >= 4 is 17.5 Å². The first-order valence-corrected chi connectivity index (χ1v) is 11.4. The average Bonchev–Trinajstić information content (AvgIpc) is 3.39. The topological polar surface area (TPSA) is 79.1 Å². The molecule has 0 unspecified atom stereocenters. The van der Waals surface area contributed by atoms with Crippen LogP contribution >= 0.6 is 11.8 Å². The Morgan fingerprint density at radius 1 is 1.00 bits per heavy atom. The molecular formula is C25H22N4O3S. The fourth-order valence-corrected chi connectivity index (χ4v) is 5.12. The van der Waals surface area contributed by atoms with E-state index in [9.17, 15) is 4.79 Å². The highest BCUT2D eigenvalue weighted by atomic mass is 32.2. The molecule has 0 N–H and O–H groups in total. The van der Waals surface area contributed by atoms with E-state index in [0.717, 1.165) is 22.5 Å². The monoisotopic (exact) mass is 458 g/mol. The van der Waals surface area contributed by atoms with Crippen molar-refractivity contribution in [1.29, 1.82) is 0 Å². The van der Waals surface area contributed by atoms with Gasteiger partial charge in [-0.25, -0.2) is 0 Å². The maximum Gasteiger partial charge on any atom is 0.192 e. The number of hydrogen-bond acceptors (Lipinski definition) is 7. The molecule has 166 valence electrons. The summed E-state index contributed by atoms with van der Waals surface area (Å²) in [6.45, 7) is 0.601. The van der Waals surface area contributed by atoms with E-state index in [4.69, 9.17) is 9.47 Å². The van der Waals surface area contributed by atoms with Crippen LogP contribution in [-0.2, 0) is 13.0 Å². The lowest BCUT2D eigenvalue weighted by atomic mass is 10.1. The number of aromatic nitrogens is 4. The quantitative estimate of drug-likeness (QED) is 0.408. The van der Waals surface area contributed by atoms with E-state index in [1.807, 2.05) is 36.4 Å². The molecule has 2 aromatic heterocycles. The molecule has 7 nitrogen and oxygen atoms in total. The molecular weight excluding hydrogens is 436 g/mol. The first-order valence-electron chi connectivity index (χ1n) is 10.5. The van der Waals surface area contributed by atoms with Gasteiger partial charge in [-0.15, -0.1) is 10.2 Å². The van der Waals surface area contributed by atoms with E-state index < -0.39 is 0 Å². The maximum atomic E-state index is 13.2. The van der Waals surface area contributed by atoms with Crippen molar-refractivity contribution in [1.82, 2.24) is 19.7 Å². The average molecular weight is 459 g/mol. The molecule has 1 aliphatic carbocycles. The summed E-state index contributed by atoms with van der Waals surface area (Å²) < 4.78 is 12.9. The number of methoxy groups -OCH3 is 2. The Hall–Kier alpha value is -3.65. The molecule has 0 spiro atoms. The fourth-order valence-electron chi connectivity index (χ4n) is 4.01. The highest BCUT2D eigenvalue weighted by Crippen LogP contribution is 2.40. The van der Waals surface area contributed by atoms with Crippen LogP contribution in [0.15, 0.2) is 72.1 Å². The van der Waals surface area contributed by atoms with Gasteiger partial charge in [-0.2, -0.15) is 0 Å². The Morgan fingerprint density at radius 2 is 1.73 bits per heavy atom. The minimum absolute atomic E-state index is 0.0654. The van der Waals surface area contributed by atoms with Crippen molar-refractivity contribution < 1.29 is 14.3 Å². The number of ether oxygens (including phenoxy) is 2. The molecule has 1 aliphatic rings. The summed E-state index contributed by atoms with van der Waals surface area (Å²) in [6.07, 6.45) is 4.07. The van der Waals surface area contributed by atoms with Crippen molar-refractivity contribution in [3.63, 3.8) is 0 Å². The summed E-state index contributed by atoms with van der Waals surface area (Å²) in [5, 5.41) is 9.35. The number of rotatable bonds is 7. The molecule has 0 fully saturated rings. The summed E-state index contributed by atoms with van der Waals surface area (Å²) >= 11 is 1.45. The van der Waals surface area contributed by atoms with Crippen molar-refractivity contribution in [3.8, 4) is 22.9 Å². The molecule has 8 heteroatoms. The number of pyridine rings is 1. The Labute approximate surface area is 195 Å². The van der Waals surface area contributed by atoms with Crippen molar-refractivity contribution in [2.45, 2.75) is 23.4 Å². The third kappa shape index (κ3) is 4.09. The van der Waals surface area contributed by atoms with Gasteiger partial charge in [0.1, 0.15) is 0 Å². The number of fused-ring (bicyclic) bond motifs is 1. The zero-order chi connectivity index (χ0) is 22.8. The number of benzene rings is 2. The number of carbonyl (C=O) groups excluding carboxylic acids is 1. The van der Waals surface area contributed by atoms with E-state index in [1.54, 1.807) is 32.7 Å². The summed E-state index contributed by atoms with van der Waals surface area (Å²) in [5.41, 5.74) is 3.69. The highest BCUT2D eigenvalue weighted by molar-refractivity contribution is 8.00. The number of ketones is 1.